The third kappa shape index (κ3) is 4.46. The lowest BCUT2D eigenvalue weighted by molar-refractivity contribution is 0.413. The van der Waals surface area contributed by atoms with Crippen LogP contribution in [-0.4, -0.2) is 37.1 Å². The smallest absolute Gasteiger partial charge is 0.161 e. The Kier molecular flexibility index (Phi) is 5.98. The minimum atomic E-state index is 0.690. The van der Waals surface area contributed by atoms with Gasteiger partial charge in [0.05, 0.1) is 24.3 Å². The first kappa shape index (κ1) is 24.1. The van der Waals surface area contributed by atoms with E-state index in [9.17, 15) is 0 Å². The number of nitrogens with one attached hydrogen (secondary N) is 1. The van der Waals surface area contributed by atoms with Gasteiger partial charge in [0.25, 0.3) is 0 Å². The number of aromatic nitrogens is 6. The zero-order valence-corrected chi connectivity index (χ0v) is 22.6. The van der Waals surface area contributed by atoms with E-state index in [4.69, 9.17) is 4.74 Å². The first-order valence-electron chi connectivity index (χ1n) is 12.7. The SMILES string of the molecule is COc1cnc2c(Sc3ccc(Nc4nnc(-c5ccc6cn(C)nc6c5)c5ccccc45)cc3)ccnc2c1. The van der Waals surface area contributed by atoms with Crippen molar-refractivity contribution in [2.75, 3.05) is 12.4 Å². The standard InChI is InChI=1S/C31H23N7OS/c1-38-18-20-8-7-19(15-26(20)37-38)29-24-5-3-4-6-25(24)31(36-35-29)34-21-9-11-23(12-10-21)40-28-13-14-32-27-16-22(39-2)17-33-30(27)28/h3-18H,1-2H3,(H,34,36). The molecular formula is C31H23N7OS. The van der Waals surface area contributed by atoms with Gasteiger partial charge in [-0.1, -0.05) is 48.2 Å². The summed E-state index contributed by atoms with van der Waals surface area (Å²) in [6.45, 7) is 0. The average molecular weight is 542 g/mol. The predicted molar refractivity (Wildman–Crippen MR) is 159 cm³/mol. The average Bonchev–Trinajstić information content (AvgIpc) is 3.37. The Morgan fingerprint density at radius 2 is 1.70 bits per heavy atom. The Labute approximate surface area is 234 Å². The van der Waals surface area contributed by atoms with Crippen molar-refractivity contribution in [1.82, 2.24) is 29.9 Å². The van der Waals surface area contributed by atoms with Crippen molar-refractivity contribution in [1.29, 1.82) is 0 Å². The molecule has 9 heteroatoms. The summed E-state index contributed by atoms with van der Waals surface area (Å²) in [4.78, 5) is 11.1. The molecule has 0 atom stereocenters. The van der Waals surface area contributed by atoms with Gasteiger partial charge in [-0.3, -0.25) is 9.67 Å². The first-order valence-corrected chi connectivity index (χ1v) is 13.5. The van der Waals surface area contributed by atoms with Crippen molar-refractivity contribution in [2.45, 2.75) is 9.79 Å². The molecule has 0 bridgehead atoms. The molecule has 40 heavy (non-hydrogen) atoms. The van der Waals surface area contributed by atoms with E-state index < -0.39 is 0 Å². The first-order chi connectivity index (χ1) is 19.6. The van der Waals surface area contributed by atoms with Crippen LogP contribution in [0.2, 0.25) is 0 Å². The number of ether oxygens (including phenoxy) is 1. The predicted octanol–water partition coefficient (Wildman–Crippen LogP) is 7.03. The fraction of sp³-hybridized carbons (Fsp3) is 0.0645. The molecular weight excluding hydrogens is 518 g/mol. The summed E-state index contributed by atoms with van der Waals surface area (Å²) in [7, 11) is 3.55. The number of nitrogens with zero attached hydrogens (tertiary/aromatic N) is 6. The van der Waals surface area contributed by atoms with Gasteiger partial charge in [-0.25, -0.2) is 4.98 Å². The number of rotatable bonds is 6. The highest BCUT2D eigenvalue weighted by molar-refractivity contribution is 7.99. The van der Waals surface area contributed by atoms with Gasteiger partial charge in [0.15, 0.2) is 5.82 Å². The molecule has 4 aromatic heterocycles. The lowest BCUT2D eigenvalue weighted by Crippen LogP contribution is -1.99. The quantitative estimate of drug-likeness (QED) is 0.240. The molecule has 0 radical (unpaired) electrons. The van der Waals surface area contributed by atoms with Crippen LogP contribution < -0.4 is 10.1 Å². The maximum absolute atomic E-state index is 5.29. The summed E-state index contributed by atoms with van der Waals surface area (Å²) in [5.74, 6) is 1.40. The Balaban J connectivity index is 1.16. The van der Waals surface area contributed by atoms with Gasteiger partial charge in [0.2, 0.25) is 0 Å². The van der Waals surface area contributed by atoms with Crippen molar-refractivity contribution < 1.29 is 4.74 Å². The van der Waals surface area contributed by atoms with E-state index in [-0.39, 0.29) is 0 Å². The third-order valence-electron chi connectivity index (χ3n) is 6.68. The molecule has 3 aromatic carbocycles. The molecule has 0 aliphatic carbocycles. The minimum absolute atomic E-state index is 0.690. The van der Waals surface area contributed by atoms with E-state index in [1.54, 1.807) is 31.3 Å². The summed E-state index contributed by atoms with van der Waals surface area (Å²) in [5, 5.41) is 20.3. The van der Waals surface area contributed by atoms with Crippen LogP contribution in [0.25, 0.3) is 44.0 Å². The maximum Gasteiger partial charge on any atom is 0.161 e. The van der Waals surface area contributed by atoms with Crippen molar-refractivity contribution in [2.24, 2.45) is 7.05 Å². The number of aryl methyl sites for hydroxylation is 1. The van der Waals surface area contributed by atoms with Crippen LogP contribution in [0, 0.1) is 0 Å². The van der Waals surface area contributed by atoms with Crippen LogP contribution in [0.15, 0.2) is 107 Å². The molecule has 8 nitrogen and oxygen atoms in total. The fourth-order valence-electron chi connectivity index (χ4n) is 4.75. The summed E-state index contributed by atoms with van der Waals surface area (Å²) in [5.41, 5.74) is 5.32. The molecule has 0 amide bonds. The minimum Gasteiger partial charge on any atom is -0.495 e. The molecule has 194 valence electrons. The summed E-state index contributed by atoms with van der Waals surface area (Å²) in [6.07, 6.45) is 5.52. The summed E-state index contributed by atoms with van der Waals surface area (Å²) >= 11 is 1.64. The van der Waals surface area contributed by atoms with Crippen LogP contribution in [0.3, 0.4) is 0 Å². The number of pyridine rings is 2. The van der Waals surface area contributed by atoms with E-state index in [1.807, 2.05) is 54.3 Å². The van der Waals surface area contributed by atoms with E-state index in [1.165, 1.54) is 0 Å². The van der Waals surface area contributed by atoms with Gasteiger partial charge in [-0.15, -0.1) is 10.2 Å². The molecule has 4 heterocycles. The van der Waals surface area contributed by atoms with Gasteiger partial charge in [0.1, 0.15) is 17.0 Å². The van der Waals surface area contributed by atoms with E-state index in [0.717, 1.165) is 59.4 Å². The molecule has 0 saturated heterocycles. The van der Waals surface area contributed by atoms with Gasteiger partial charge in [-0.05, 0) is 36.4 Å². The monoisotopic (exact) mass is 541 g/mol. The Morgan fingerprint density at radius 1 is 0.850 bits per heavy atom. The Bertz CT molecular complexity index is 2020. The lowest BCUT2D eigenvalue weighted by Gasteiger charge is -2.12. The van der Waals surface area contributed by atoms with Crippen molar-refractivity contribution in [3.05, 3.63) is 97.5 Å². The molecule has 0 aliphatic heterocycles. The maximum atomic E-state index is 5.29. The van der Waals surface area contributed by atoms with Crippen molar-refractivity contribution in [3.8, 4) is 17.0 Å². The summed E-state index contributed by atoms with van der Waals surface area (Å²) in [6, 6.07) is 26.5. The number of benzene rings is 3. The Hall–Kier alpha value is -5.02. The second kappa shape index (κ2) is 9.94. The molecule has 0 spiro atoms. The van der Waals surface area contributed by atoms with Crippen LogP contribution in [0.4, 0.5) is 11.5 Å². The van der Waals surface area contributed by atoms with E-state index >= 15 is 0 Å². The molecule has 0 aliphatic rings. The van der Waals surface area contributed by atoms with E-state index in [2.05, 4.69) is 73.0 Å². The third-order valence-corrected chi connectivity index (χ3v) is 7.74. The summed E-state index contributed by atoms with van der Waals surface area (Å²) < 4.78 is 7.11. The van der Waals surface area contributed by atoms with Gasteiger partial charge >= 0.3 is 0 Å². The fourth-order valence-corrected chi connectivity index (χ4v) is 5.66. The molecule has 0 saturated carbocycles. The lowest BCUT2D eigenvalue weighted by atomic mass is 10.0. The number of fused-ring (bicyclic) bond motifs is 3. The van der Waals surface area contributed by atoms with Crippen LogP contribution in [-0.2, 0) is 7.05 Å². The topological polar surface area (TPSA) is 90.6 Å². The number of anilines is 2. The van der Waals surface area contributed by atoms with Crippen LogP contribution in [0.1, 0.15) is 0 Å². The number of hydrogen-bond acceptors (Lipinski definition) is 8. The molecule has 0 fully saturated rings. The van der Waals surface area contributed by atoms with Crippen LogP contribution >= 0.6 is 11.8 Å². The number of methoxy groups -OCH3 is 1. The number of hydrogen-bond donors (Lipinski definition) is 1. The molecule has 1 N–H and O–H groups in total. The normalized spacial score (nSPS) is 11.3. The second-order valence-electron chi connectivity index (χ2n) is 9.32. The zero-order valence-electron chi connectivity index (χ0n) is 21.7. The van der Waals surface area contributed by atoms with Crippen LogP contribution in [0.5, 0.6) is 5.75 Å². The highest BCUT2D eigenvalue weighted by Crippen LogP contribution is 2.35. The van der Waals surface area contributed by atoms with Crippen molar-refractivity contribution in [3.63, 3.8) is 0 Å². The largest absolute Gasteiger partial charge is 0.495 e. The van der Waals surface area contributed by atoms with Gasteiger partial charge in [0, 0.05) is 62.7 Å². The zero-order chi connectivity index (χ0) is 27.1. The van der Waals surface area contributed by atoms with Gasteiger partial charge < -0.3 is 10.1 Å². The Morgan fingerprint density at radius 3 is 2.55 bits per heavy atom. The highest BCUT2D eigenvalue weighted by Gasteiger charge is 2.13. The van der Waals surface area contributed by atoms with E-state index in [0.29, 0.717) is 11.6 Å². The molecule has 0 unspecified atom stereocenters. The van der Waals surface area contributed by atoms with Gasteiger partial charge in [-0.2, -0.15) is 5.10 Å². The molecule has 7 rings (SSSR count). The van der Waals surface area contributed by atoms with Crippen molar-refractivity contribution >= 4 is 56.0 Å². The highest BCUT2D eigenvalue weighted by atomic mass is 32.2. The second-order valence-corrected chi connectivity index (χ2v) is 10.4. The molecule has 7 aromatic rings.